The van der Waals surface area contributed by atoms with Crippen LogP contribution in [0.5, 0.6) is 11.5 Å². The number of hydrogen-bond donors (Lipinski definition) is 1. The number of carbonyl (C=O) groups is 2. The molecule has 3 rings (SSSR count). The van der Waals surface area contributed by atoms with Crippen molar-refractivity contribution in [3.05, 3.63) is 42.5 Å². The van der Waals surface area contributed by atoms with Crippen molar-refractivity contribution in [2.45, 2.75) is 24.7 Å². The van der Waals surface area contributed by atoms with Crippen molar-refractivity contribution in [3.63, 3.8) is 0 Å². The lowest BCUT2D eigenvalue weighted by atomic mass is 10.2. The van der Waals surface area contributed by atoms with Gasteiger partial charge < -0.3 is 19.7 Å². The molecular formula is C21H24N2O4S. The van der Waals surface area contributed by atoms with Crippen LogP contribution in [0.4, 0.5) is 11.4 Å². The number of thioether (sulfide) groups is 1. The van der Waals surface area contributed by atoms with Crippen LogP contribution in [0.2, 0.25) is 0 Å². The highest BCUT2D eigenvalue weighted by Gasteiger charge is 2.24. The molecule has 0 spiro atoms. The van der Waals surface area contributed by atoms with E-state index in [1.54, 1.807) is 24.1 Å². The van der Waals surface area contributed by atoms with Gasteiger partial charge in [-0.25, -0.2) is 0 Å². The van der Waals surface area contributed by atoms with Gasteiger partial charge in [0.1, 0.15) is 11.5 Å². The lowest BCUT2D eigenvalue weighted by Crippen LogP contribution is -2.24. The van der Waals surface area contributed by atoms with Crippen molar-refractivity contribution in [1.29, 1.82) is 0 Å². The van der Waals surface area contributed by atoms with Gasteiger partial charge in [0.05, 0.1) is 25.2 Å². The van der Waals surface area contributed by atoms with E-state index in [-0.39, 0.29) is 11.8 Å². The van der Waals surface area contributed by atoms with E-state index in [0.717, 1.165) is 22.8 Å². The Morgan fingerprint density at radius 2 is 2.00 bits per heavy atom. The zero-order valence-electron chi connectivity index (χ0n) is 16.1. The van der Waals surface area contributed by atoms with E-state index >= 15 is 0 Å². The van der Waals surface area contributed by atoms with Crippen molar-refractivity contribution in [1.82, 2.24) is 0 Å². The van der Waals surface area contributed by atoms with E-state index in [1.165, 1.54) is 11.8 Å². The topological polar surface area (TPSA) is 67.9 Å². The first-order chi connectivity index (χ1) is 13.6. The van der Waals surface area contributed by atoms with Gasteiger partial charge in [0.25, 0.3) is 0 Å². The summed E-state index contributed by atoms with van der Waals surface area (Å²) in [6, 6.07) is 13.0. The first kappa shape index (κ1) is 20.1. The molecule has 0 radical (unpaired) electrons. The Morgan fingerprint density at radius 1 is 1.21 bits per heavy atom. The van der Waals surface area contributed by atoms with Crippen LogP contribution in [-0.2, 0) is 9.59 Å². The summed E-state index contributed by atoms with van der Waals surface area (Å²) in [5.41, 5.74) is 1.39. The quantitative estimate of drug-likeness (QED) is 0.680. The lowest BCUT2D eigenvalue weighted by molar-refractivity contribution is -0.117. The molecule has 0 atom stereocenters. The van der Waals surface area contributed by atoms with Crippen LogP contribution >= 0.6 is 11.8 Å². The molecule has 0 saturated carbocycles. The molecule has 6 nitrogen and oxygen atoms in total. The van der Waals surface area contributed by atoms with Gasteiger partial charge in [-0.2, -0.15) is 0 Å². The number of benzene rings is 2. The third-order valence-electron chi connectivity index (χ3n) is 4.33. The van der Waals surface area contributed by atoms with E-state index < -0.39 is 0 Å². The van der Waals surface area contributed by atoms with Crippen molar-refractivity contribution < 1.29 is 19.1 Å². The molecule has 2 aromatic rings. The molecule has 0 aromatic heterocycles. The van der Waals surface area contributed by atoms with Gasteiger partial charge in [-0.3, -0.25) is 9.59 Å². The Kier molecular flexibility index (Phi) is 6.81. The summed E-state index contributed by atoms with van der Waals surface area (Å²) in [7, 11) is 1.56. The highest BCUT2D eigenvalue weighted by molar-refractivity contribution is 8.00. The average molecular weight is 401 g/mol. The molecule has 148 valence electrons. The number of nitrogens with zero attached hydrogens (tertiary/aromatic N) is 1. The van der Waals surface area contributed by atoms with Crippen LogP contribution in [0, 0.1) is 0 Å². The number of nitrogens with one attached hydrogen (secondary N) is 1. The Labute approximate surface area is 169 Å². The number of hydrogen-bond acceptors (Lipinski definition) is 5. The SMILES string of the molecule is CCOc1ccc(SCC(=O)Nc2ccc(N3CCCC3=O)c(OC)c2)cc1. The van der Waals surface area contributed by atoms with Crippen molar-refractivity contribution >= 4 is 35.0 Å². The highest BCUT2D eigenvalue weighted by Crippen LogP contribution is 2.34. The fourth-order valence-electron chi connectivity index (χ4n) is 3.03. The summed E-state index contributed by atoms with van der Waals surface area (Å²) >= 11 is 1.46. The van der Waals surface area contributed by atoms with E-state index in [2.05, 4.69) is 5.32 Å². The number of ether oxygens (including phenoxy) is 2. The first-order valence-electron chi connectivity index (χ1n) is 9.24. The number of anilines is 2. The predicted octanol–water partition coefficient (Wildman–Crippen LogP) is 3.95. The van der Waals surface area contributed by atoms with Crippen LogP contribution in [0.1, 0.15) is 19.8 Å². The molecule has 1 N–H and O–H groups in total. The summed E-state index contributed by atoms with van der Waals surface area (Å²) in [5, 5.41) is 2.88. The third kappa shape index (κ3) is 4.98. The Balaban J connectivity index is 1.58. The Bertz CT molecular complexity index is 839. The van der Waals surface area contributed by atoms with Crippen LogP contribution in [0.25, 0.3) is 0 Å². The Morgan fingerprint density at radius 3 is 2.64 bits per heavy atom. The smallest absolute Gasteiger partial charge is 0.234 e. The second-order valence-corrected chi connectivity index (χ2v) is 7.33. The van der Waals surface area contributed by atoms with Crippen LogP contribution < -0.4 is 19.7 Å². The monoisotopic (exact) mass is 400 g/mol. The molecule has 1 aliphatic rings. The average Bonchev–Trinajstić information content (AvgIpc) is 3.13. The summed E-state index contributed by atoms with van der Waals surface area (Å²) in [6.07, 6.45) is 1.41. The predicted molar refractivity (Wildman–Crippen MR) is 112 cm³/mol. The minimum absolute atomic E-state index is 0.0989. The van der Waals surface area contributed by atoms with Gasteiger partial charge in [-0.1, -0.05) is 0 Å². The molecular weight excluding hydrogens is 376 g/mol. The molecule has 2 aromatic carbocycles. The van der Waals surface area contributed by atoms with Crippen LogP contribution in [0.3, 0.4) is 0 Å². The standard InChI is InChI=1S/C21H24N2O4S/c1-3-27-16-7-9-17(10-8-16)28-14-20(24)22-15-6-11-18(19(13-15)26-2)23-12-4-5-21(23)25/h6-11,13H,3-5,12,14H2,1-2H3,(H,22,24). The molecule has 2 amide bonds. The minimum Gasteiger partial charge on any atom is -0.494 e. The molecule has 28 heavy (non-hydrogen) atoms. The van der Waals surface area contributed by atoms with Gasteiger partial charge in [0, 0.05) is 29.6 Å². The van der Waals surface area contributed by atoms with Crippen molar-refractivity contribution in [2.75, 3.05) is 36.2 Å². The van der Waals surface area contributed by atoms with Gasteiger partial charge in [-0.15, -0.1) is 11.8 Å². The summed E-state index contributed by atoms with van der Waals surface area (Å²) in [4.78, 5) is 27.0. The van der Waals surface area contributed by atoms with E-state index in [1.807, 2.05) is 37.3 Å². The van der Waals surface area contributed by atoms with Crippen LogP contribution in [-0.4, -0.2) is 37.8 Å². The molecule has 7 heteroatoms. The molecule has 1 saturated heterocycles. The molecule has 0 bridgehead atoms. The van der Waals surface area contributed by atoms with Gasteiger partial charge >= 0.3 is 0 Å². The summed E-state index contributed by atoms with van der Waals surface area (Å²) in [5.74, 6) is 1.68. The maximum absolute atomic E-state index is 12.3. The first-order valence-corrected chi connectivity index (χ1v) is 10.2. The summed E-state index contributed by atoms with van der Waals surface area (Å²) in [6.45, 7) is 3.26. The lowest BCUT2D eigenvalue weighted by Gasteiger charge is -2.19. The minimum atomic E-state index is -0.106. The number of rotatable bonds is 8. The van der Waals surface area contributed by atoms with Gasteiger partial charge in [0.2, 0.25) is 11.8 Å². The summed E-state index contributed by atoms with van der Waals surface area (Å²) < 4.78 is 10.8. The van der Waals surface area contributed by atoms with Crippen LogP contribution in [0.15, 0.2) is 47.4 Å². The highest BCUT2D eigenvalue weighted by atomic mass is 32.2. The fourth-order valence-corrected chi connectivity index (χ4v) is 3.72. The van der Waals surface area contributed by atoms with E-state index in [4.69, 9.17) is 9.47 Å². The molecule has 1 fully saturated rings. The normalized spacial score (nSPS) is 13.5. The molecule has 0 unspecified atom stereocenters. The number of carbonyl (C=O) groups excluding carboxylic acids is 2. The third-order valence-corrected chi connectivity index (χ3v) is 5.34. The number of methoxy groups -OCH3 is 1. The van der Waals surface area contributed by atoms with Crippen molar-refractivity contribution in [2.24, 2.45) is 0 Å². The van der Waals surface area contributed by atoms with Gasteiger partial charge in [0.15, 0.2) is 0 Å². The van der Waals surface area contributed by atoms with E-state index in [0.29, 0.717) is 36.8 Å². The largest absolute Gasteiger partial charge is 0.494 e. The maximum Gasteiger partial charge on any atom is 0.234 e. The molecule has 1 aliphatic heterocycles. The van der Waals surface area contributed by atoms with E-state index in [9.17, 15) is 9.59 Å². The van der Waals surface area contributed by atoms with Gasteiger partial charge in [-0.05, 0) is 49.7 Å². The zero-order chi connectivity index (χ0) is 19.9. The van der Waals surface area contributed by atoms with Crippen molar-refractivity contribution in [3.8, 4) is 11.5 Å². The fraction of sp³-hybridized carbons (Fsp3) is 0.333. The maximum atomic E-state index is 12.3. The zero-order valence-corrected chi connectivity index (χ0v) is 16.9. The number of amides is 2. The second-order valence-electron chi connectivity index (χ2n) is 6.28. The molecule has 0 aliphatic carbocycles. The second kappa shape index (κ2) is 9.50. The Hall–Kier alpha value is -2.67. The molecule has 1 heterocycles.